The minimum atomic E-state index is 0.177. The van der Waals surface area contributed by atoms with E-state index >= 15 is 0 Å². The molecule has 6 nitrogen and oxygen atoms in total. The number of hydrogen-bond donors (Lipinski definition) is 0. The average Bonchev–Trinajstić information content (AvgIpc) is 3.03. The van der Waals surface area contributed by atoms with Crippen LogP contribution in [0.15, 0.2) is 18.3 Å². The second-order valence-electron chi connectivity index (χ2n) is 8.37. The summed E-state index contributed by atoms with van der Waals surface area (Å²) in [5.74, 6) is 1.08. The quantitative estimate of drug-likeness (QED) is 0.796. The number of likely N-dealkylation sites (tertiary alicyclic amines) is 2. The number of piperidine rings is 1. The summed E-state index contributed by atoms with van der Waals surface area (Å²) in [5.41, 5.74) is 0.777. The van der Waals surface area contributed by atoms with Crippen molar-refractivity contribution in [2.24, 2.45) is 0 Å². The van der Waals surface area contributed by atoms with Crippen molar-refractivity contribution in [1.29, 1.82) is 0 Å². The van der Waals surface area contributed by atoms with Gasteiger partial charge < -0.3 is 19.4 Å². The molecule has 1 atom stereocenters. The van der Waals surface area contributed by atoms with E-state index in [1.165, 1.54) is 45.2 Å². The summed E-state index contributed by atoms with van der Waals surface area (Å²) in [5, 5.41) is 0. The standard InChI is InChI=1S/C22H34N4O2/c27-22(19-8-9-23-21(17-19)25-13-15-28-16-14-25)26-12-6-3-7-20(26)18-24-10-4-1-2-5-11-24/h8-9,17,20H,1-7,10-16,18H2. The molecule has 0 bridgehead atoms. The van der Waals surface area contributed by atoms with Crippen LogP contribution in [-0.4, -0.2) is 79.2 Å². The Morgan fingerprint density at radius 1 is 1.00 bits per heavy atom. The Bertz CT molecular complexity index is 639. The maximum Gasteiger partial charge on any atom is 0.254 e. The van der Waals surface area contributed by atoms with Crippen LogP contribution in [0, 0.1) is 0 Å². The van der Waals surface area contributed by atoms with Crippen molar-refractivity contribution in [2.45, 2.75) is 51.0 Å². The summed E-state index contributed by atoms with van der Waals surface area (Å²) in [7, 11) is 0. The van der Waals surface area contributed by atoms with Crippen molar-refractivity contribution in [3.63, 3.8) is 0 Å². The van der Waals surface area contributed by atoms with Crippen LogP contribution in [-0.2, 0) is 4.74 Å². The van der Waals surface area contributed by atoms with Gasteiger partial charge in [-0.15, -0.1) is 0 Å². The van der Waals surface area contributed by atoms with E-state index in [1.54, 1.807) is 6.20 Å². The average molecular weight is 387 g/mol. The lowest BCUT2D eigenvalue weighted by molar-refractivity contribution is 0.0547. The first kappa shape index (κ1) is 19.6. The number of anilines is 1. The first-order valence-corrected chi connectivity index (χ1v) is 11.1. The number of morpholine rings is 1. The molecular weight excluding hydrogens is 352 g/mol. The molecule has 4 heterocycles. The Balaban J connectivity index is 1.45. The lowest BCUT2D eigenvalue weighted by Gasteiger charge is -2.39. The molecule has 3 aliphatic rings. The number of hydrogen-bond acceptors (Lipinski definition) is 5. The summed E-state index contributed by atoms with van der Waals surface area (Å²) >= 11 is 0. The van der Waals surface area contributed by atoms with Crippen LogP contribution in [0.4, 0.5) is 5.82 Å². The SMILES string of the molecule is O=C(c1ccnc(N2CCOCC2)c1)N1CCCCC1CN1CCCCCC1. The molecule has 28 heavy (non-hydrogen) atoms. The van der Waals surface area contributed by atoms with Crippen molar-refractivity contribution in [2.75, 3.05) is 57.4 Å². The Morgan fingerprint density at radius 3 is 2.54 bits per heavy atom. The summed E-state index contributed by atoms with van der Waals surface area (Å²) < 4.78 is 5.44. The van der Waals surface area contributed by atoms with Gasteiger partial charge in [0.1, 0.15) is 5.82 Å². The molecule has 3 fully saturated rings. The zero-order chi connectivity index (χ0) is 19.2. The molecule has 0 N–H and O–H groups in total. The van der Waals surface area contributed by atoms with Crippen molar-refractivity contribution >= 4 is 11.7 Å². The van der Waals surface area contributed by atoms with Crippen LogP contribution < -0.4 is 4.90 Å². The molecule has 1 aromatic rings. The Labute approximate surface area is 168 Å². The van der Waals surface area contributed by atoms with Crippen molar-refractivity contribution in [1.82, 2.24) is 14.8 Å². The highest BCUT2D eigenvalue weighted by atomic mass is 16.5. The number of ether oxygens (including phenoxy) is 1. The fraction of sp³-hybridized carbons (Fsp3) is 0.727. The fourth-order valence-corrected chi connectivity index (χ4v) is 4.76. The molecule has 0 saturated carbocycles. The van der Waals surface area contributed by atoms with E-state index < -0.39 is 0 Å². The highest BCUT2D eigenvalue weighted by Gasteiger charge is 2.29. The number of carbonyl (C=O) groups excluding carboxylic acids is 1. The third-order valence-electron chi connectivity index (χ3n) is 6.38. The summed E-state index contributed by atoms with van der Waals surface area (Å²) in [6.45, 7) is 7.43. The number of carbonyl (C=O) groups is 1. The van der Waals surface area contributed by atoms with Crippen molar-refractivity contribution in [3.8, 4) is 0 Å². The van der Waals surface area contributed by atoms with Crippen LogP contribution >= 0.6 is 0 Å². The lowest BCUT2D eigenvalue weighted by Crippen LogP contribution is -2.49. The molecule has 6 heteroatoms. The fourth-order valence-electron chi connectivity index (χ4n) is 4.76. The molecule has 0 radical (unpaired) electrons. The van der Waals surface area contributed by atoms with E-state index in [1.807, 2.05) is 12.1 Å². The van der Waals surface area contributed by atoms with Gasteiger partial charge in [0.15, 0.2) is 0 Å². The van der Waals surface area contributed by atoms with E-state index in [9.17, 15) is 4.79 Å². The first-order valence-electron chi connectivity index (χ1n) is 11.1. The van der Waals surface area contributed by atoms with E-state index in [0.29, 0.717) is 6.04 Å². The Hall–Kier alpha value is -1.66. The van der Waals surface area contributed by atoms with Gasteiger partial charge >= 0.3 is 0 Å². The Kier molecular flexibility index (Phi) is 6.81. The Morgan fingerprint density at radius 2 is 1.75 bits per heavy atom. The highest BCUT2D eigenvalue weighted by Crippen LogP contribution is 2.23. The van der Waals surface area contributed by atoms with Gasteiger partial charge in [-0.05, 0) is 57.3 Å². The molecule has 3 aliphatic heterocycles. The molecule has 3 saturated heterocycles. The van der Waals surface area contributed by atoms with Crippen LogP contribution in [0.25, 0.3) is 0 Å². The monoisotopic (exact) mass is 386 g/mol. The highest BCUT2D eigenvalue weighted by molar-refractivity contribution is 5.95. The number of amides is 1. The molecule has 1 aromatic heterocycles. The second kappa shape index (κ2) is 9.70. The molecule has 0 aromatic carbocycles. The van der Waals surface area contributed by atoms with Gasteiger partial charge in [0.25, 0.3) is 5.91 Å². The minimum absolute atomic E-state index is 0.177. The molecule has 1 amide bonds. The van der Waals surface area contributed by atoms with Gasteiger partial charge in [-0.25, -0.2) is 4.98 Å². The van der Waals surface area contributed by atoms with E-state index in [-0.39, 0.29) is 5.91 Å². The third-order valence-corrected chi connectivity index (χ3v) is 6.38. The predicted molar refractivity (Wildman–Crippen MR) is 111 cm³/mol. The molecule has 0 aliphatic carbocycles. The van der Waals surface area contributed by atoms with Crippen LogP contribution in [0.2, 0.25) is 0 Å². The largest absolute Gasteiger partial charge is 0.378 e. The van der Waals surface area contributed by atoms with Gasteiger partial charge in [0.05, 0.1) is 13.2 Å². The summed E-state index contributed by atoms with van der Waals surface area (Å²) in [4.78, 5) is 24.8. The minimum Gasteiger partial charge on any atom is -0.378 e. The maximum atomic E-state index is 13.4. The van der Waals surface area contributed by atoms with Gasteiger partial charge in [-0.2, -0.15) is 0 Å². The smallest absolute Gasteiger partial charge is 0.254 e. The molecule has 1 unspecified atom stereocenters. The number of pyridine rings is 1. The number of aromatic nitrogens is 1. The van der Waals surface area contributed by atoms with Crippen LogP contribution in [0.3, 0.4) is 0 Å². The van der Waals surface area contributed by atoms with Crippen molar-refractivity contribution in [3.05, 3.63) is 23.9 Å². The summed E-state index contributed by atoms with van der Waals surface area (Å²) in [6, 6.07) is 4.20. The van der Waals surface area contributed by atoms with E-state index in [0.717, 1.165) is 63.6 Å². The summed E-state index contributed by atoms with van der Waals surface area (Å²) in [6.07, 6.45) is 10.6. The third kappa shape index (κ3) is 4.84. The van der Waals surface area contributed by atoms with Crippen LogP contribution in [0.5, 0.6) is 0 Å². The molecule has 154 valence electrons. The molecule has 0 spiro atoms. The molecule has 4 rings (SSSR count). The topological polar surface area (TPSA) is 48.9 Å². The number of nitrogens with zero attached hydrogens (tertiary/aromatic N) is 4. The second-order valence-corrected chi connectivity index (χ2v) is 8.37. The van der Waals surface area contributed by atoms with Crippen molar-refractivity contribution < 1.29 is 9.53 Å². The van der Waals surface area contributed by atoms with Crippen LogP contribution in [0.1, 0.15) is 55.3 Å². The zero-order valence-electron chi connectivity index (χ0n) is 17.0. The maximum absolute atomic E-state index is 13.4. The molecular formula is C22H34N4O2. The van der Waals surface area contributed by atoms with Gasteiger partial charge in [0, 0.05) is 44.0 Å². The lowest BCUT2D eigenvalue weighted by atomic mass is 10.00. The van der Waals surface area contributed by atoms with Gasteiger partial charge in [0.2, 0.25) is 0 Å². The predicted octanol–water partition coefficient (Wildman–Crippen LogP) is 2.79. The zero-order valence-corrected chi connectivity index (χ0v) is 17.0. The number of rotatable bonds is 4. The normalized spacial score (nSPS) is 24.8. The van der Waals surface area contributed by atoms with E-state index in [2.05, 4.69) is 19.7 Å². The van der Waals surface area contributed by atoms with Gasteiger partial charge in [-0.1, -0.05) is 12.8 Å². The van der Waals surface area contributed by atoms with E-state index in [4.69, 9.17) is 4.74 Å². The first-order chi connectivity index (χ1) is 13.8. The van der Waals surface area contributed by atoms with Gasteiger partial charge in [-0.3, -0.25) is 4.79 Å².